The number of carbonyl (C=O) groups excluding carboxylic acids is 2. The molecule has 0 radical (unpaired) electrons. The van der Waals surface area contributed by atoms with Crippen molar-refractivity contribution in [3.8, 4) is 5.75 Å². The normalized spacial score (nSPS) is 11.6. The maximum absolute atomic E-state index is 11.6. The van der Waals surface area contributed by atoms with Crippen molar-refractivity contribution in [3.63, 3.8) is 0 Å². The van der Waals surface area contributed by atoms with Crippen molar-refractivity contribution in [2.75, 3.05) is 13.2 Å². The van der Waals surface area contributed by atoms with Crippen molar-refractivity contribution in [3.05, 3.63) is 28.8 Å². The van der Waals surface area contributed by atoms with Crippen LogP contribution in [0.5, 0.6) is 5.75 Å². The summed E-state index contributed by atoms with van der Waals surface area (Å²) in [6, 6.07) is 5.09. The maximum Gasteiger partial charge on any atom is 0.344 e. The Balaban J connectivity index is 2.45. The number of ether oxygens (including phenoxy) is 2. The van der Waals surface area contributed by atoms with Crippen LogP contribution in [-0.2, 0) is 14.3 Å². The zero-order valence-corrected chi connectivity index (χ0v) is 12.5. The van der Waals surface area contributed by atoms with Crippen molar-refractivity contribution < 1.29 is 19.1 Å². The SMILES string of the molecule is CCNC(=O)[C@H](C)OC(=O)COc1ccc(Cl)cc1C. The number of carbonyl (C=O) groups is 2. The minimum absolute atomic E-state index is 0.258. The highest BCUT2D eigenvalue weighted by Gasteiger charge is 2.17. The van der Waals surface area contributed by atoms with Gasteiger partial charge in [0.25, 0.3) is 5.91 Å². The molecule has 0 saturated carbocycles. The fourth-order valence-electron chi connectivity index (χ4n) is 1.51. The molecule has 0 unspecified atom stereocenters. The van der Waals surface area contributed by atoms with Gasteiger partial charge in [-0.25, -0.2) is 4.79 Å². The van der Waals surface area contributed by atoms with Crippen molar-refractivity contribution in [2.45, 2.75) is 26.9 Å². The Morgan fingerprint density at radius 3 is 2.70 bits per heavy atom. The quantitative estimate of drug-likeness (QED) is 0.817. The summed E-state index contributed by atoms with van der Waals surface area (Å²) in [5.74, 6) is -0.376. The Labute approximate surface area is 123 Å². The summed E-state index contributed by atoms with van der Waals surface area (Å²) in [4.78, 5) is 23.0. The monoisotopic (exact) mass is 299 g/mol. The summed E-state index contributed by atoms with van der Waals surface area (Å²) in [7, 11) is 0. The first-order valence-electron chi connectivity index (χ1n) is 6.30. The predicted octanol–water partition coefficient (Wildman–Crippen LogP) is 2.10. The van der Waals surface area contributed by atoms with E-state index in [9.17, 15) is 9.59 Å². The molecule has 110 valence electrons. The van der Waals surface area contributed by atoms with Gasteiger partial charge in [0.2, 0.25) is 0 Å². The molecule has 1 N–H and O–H groups in total. The lowest BCUT2D eigenvalue weighted by atomic mass is 10.2. The smallest absolute Gasteiger partial charge is 0.344 e. The van der Waals surface area contributed by atoms with E-state index in [-0.39, 0.29) is 12.5 Å². The van der Waals surface area contributed by atoms with E-state index in [1.54, 1.807) is 25.1 Å². The van der Waals surface area contributed by atoms with Gasteiger partial charge in [0.05, 0.1) is 0 Å². The molecular formula is C14H18ClNO4. The first kappa shape index (κ1) is 16.3. The Bertz CT molecular complexity index is 490. The summed E-state index contributed by atoms with van der Waals surface area (Å²) in [5.41, 5.74) is 0.821. The van der Waals surface area contributed by atoms with E-state index in [4.69, 9.17) is 21.1 Å². The molecule has 1 aromatic rings. The number of aryl methyl sites for hydroxylation is 1. The molecule has 6 heteroatoms. The van der Waals surface area contributed by atoms with E-state index in [1.807, 2.05) is 6.92 Å². The molecule has 0 aliphatic carbocycles. The highest BCUT2D eigenvalue weighted by molar-refractivity contribution is 6.30. The van der Waals surface area contributed by atoms with Crippen LogP contribution in [0.1, 0.15) is 19.4 Å². The van der Waals surface area contributed by atoms with E-state index in [2.05, 4.69) is 5.32 Å². The number of hydrogen-bond donors (Lipinski definition) is 1. The van der Waals surface area contributed by atoms with Gasteiger partial charge in [-0.3, -0.25) is 4.79 Å². The lowest BCUT2D eigenvalue weighted by Gasteiger charge is -2.13. The maximum atomic E-state index is 11.6. The van der Waals surface area contributed by atoms with Crippen LogP contribution in [0.2, 0.25) is 5.02 Å². The standard InChI is InChI=1S/C14H18ClNO4/c1-4-16-14(18)10(3)20-13(17)8-19-12-6-5-11(15)7-9(12)2/h5-7,10H,4,8H2,1-3H3,(H,16,18)/t10-/m0/s1. The summed E-state index contributed by atoms with van der Waals surface area (Å²) < 4.78 is 10.3. The molecule has 20 heavy (non-hydrogen) atoms. The van der Waals surface area contributed by atoms with Gasteiger partial charge in [-0.2, -0.15) is 0 Å². The molecule has 1 aromatic carbocycles. The number of nitrogens with one attached hydrogen (secondary N) is 1. The molecule has 1 rings (SSSR count). The number of amides is 1. The van der Waals surface area contributed by atoms with Crippen LogP contribution < -0.4 is 10.1 Å². The molecule has 0 fully saturated rings. The summed E-state index contributed by atoms with van der Waals surface area (Å²) in [6.45, 7) is 5.35. The second-order valence-corrected chi connectivity index (χ2v) is 4.66. The van der Waals surface area contributed by atoms with E-state index >= 15 is 0 Å². The van der Waals surface area contributed by atoms with Crippen molar-refractivity contribution in [2.24, 2.45) is 0 Å². The molecule has 0 heterocycles. The Kier molecular flexibility index (Phi) is 6.31. The number of halogens is 1. The second kappa shape index (κ2) is 7.75. The number of rotatable bonds is 6. The third-order valence-corrected chi connectivity index (χ3v) is 2.75. The zero-order chi connectivity index (χ0) is 15.1. The molecule has 1 amide bonds. The zero-order valence-electron chi connectivity index (χ0n) is 11.7. The van der Waals surface area contributed by atoms with Crippen molar-refractivity contribution >= 4 is 23.5 Å². The molecule has 0 saturated heterocycles. The largest absolute Gasteiger partial charge is 0.482 e. The number of hydrogen-bond acceptors (Lipinski definition) is 4. The van der Waals surface area contributed by atoms with E-state index in [1.165, 1.54) is 6.92 Å². The van der Waals surface area contributed by atoms with E-state index in [0.29, 0.717) is 17.3 Å². The number of esters is 1. The van der Waals surface area contributed by atoms with Crippen molar-refractivity contribution in [1.29, 1.82) is 0 Å². The van der Waals surface area contributed by atoms with Gasteiger partial charge in [0.1, 0.15) is 5.75 Å². The van der Waals surface area contributed by atoms with Crippen LogP contribution in [0.15, 0.2) is 18.2 Å². The molecule has 1 atom stereocenters. The van der Waals surface area contributed by atoms with Gasteiger partial charge in [-0.05, 0) is 44.5 Å². The number of likely N-dealkylation sites (N-methyl/N-ethyl adjacent to an activating group) is 1. The van der Waals surface area contributed by atoms with Gasteiger partial charge >= 0.3 is 5.97 Å². The van der Waals surface area contributed by atoms with Crippen LogP contribution in [0.25, 0.3) is 0 Å². The van der Waals surface area contributed by atoms with E-state index in [0.717, 1.165) is 5.56 Å². The van der Waals surface area contributed by atoms with Gasteiger partial charge in [-0.1, -0.05) is 11.6 Å². The first-order valence-corrected chi connectivity index (χ1v) is 6.68. The highest BCUT2D eigenvalue weighted by Crippen LogP contribution is 2.21. The van der Waals surface area contributed by atoms with Crippen molar-refractivity contribution in [1.82, 2.24) is 5.32 Å². The van der Waals surface area contributed by atoms with Crippen LogP contribution in [0.3, 0.4) is 0 Å². The minimum Gasteiger partial charge on any atom is -0.482 e. The van der Waals surface area contributed by atoms with Gasteiger partial charge in [-0.15, -0.1) is 0 Å². The third-order valence-electron chi connectivity index (χ3n) is 2.51. The lowest BCUT2D eigenvalue weighted by molar-refractivity contribution is -0.156. The fourth-order valence-corrected chi connectivity index (χ4v) is 1.74. The first-order chi connectivity index (χ1) is 9.43. The summed E-state index contributed by atoms with van der Waals surface area (Å²) >= 11 is 5.82. The topological polar surface area (TPSA) is 64.6 Å². The summed E-state index contributed by atoms with van der Waals surface area (Å²) in [5, 5.41) is 3.17. The van der Waals surface area contributed by atoms with Crippen LogP contribution in [0, 0.1) is 6.92 Å². The van der Waals surface area contributed by atoms with Crippen LogP contribution in [0.4, 0.5) is 0 Å². The number of benzene rings is 1. The Hall–Kier alpha value is -1.75. The molecule has 0 aliphatic heterocycles. The molecule has 0 bridgehead atoms. The predicted molar refractivity (Wildman–Crippen MR) is 75.9 cm³/mol. The molecule has 0 aliphatic rings. The average molecular weight is 300 g/mol. The minimum atomic E-state index is -0.836. The molecule has 0 aromatic heterocycles. The van der Waals surface area contributed by atoms with Crippen LogP contribution >= 0.6 is 11.6 Å². The molecular weight excluding hydrogens is 282 g/mol. The van der Waals surface area contributed by atoms with Gasteiger partial charge < -0.3 is 14.8 Å². The third kappa shape index (κ3) is 5.09. The van der Waals surface area contributed by atoms with Gasteiger partial charge in [0.15, 0.2) is 12.7 Å². The van der Waals surface area contributed by atoms with Gasteiger partial charge in [0, 0.05) is 11.6 Å². The van der Waals surface area contributed by atoms with Crippen LogP contribution in [-0.4, -0.2) is 31.1 Å². The summed E-state index contributed by atoms with van der Waals surface area (Å²) in [6.07, 6.45) is -0.836. The Morgan fingerprint density at radius 2 is 2.10 bits per heavy atom. The highest BCUT2D eigenvalue weighted by atomic mass is 35.5. The Morgan fingerprint density at radius 1 is 1.40 bits per heavy atom. The lowest BCUT2D eigenvalue weighted by Crippen LogP contribution is -2.36. The fraction of sp³-hybridized carbons (Fsp3) is 0.429. The second-order valence-electron chi connectivity index (χ2n) is 4.23. The average Bonchev–Trinajstić information content (AvgIpc) is 2.37. The molecule has 0 spiro atoms. The van der Waals surface area contributed by atoms with E-state index < -0.39 is 12.1 Å². The molecule has 5 nitrogen and oxygen atoms in total.